The minimum Gasteiger partial charge on any atom is -0.457 e. The molecule has 0 saturated heterocycles. The van der Waals surface area contributed by atoms with Gasteiger partial charge in [-0.1, -0.05) is 23.7 Å². The van der Waals surface area contributed by atoms with Crippen molar-refractivity contribution >= 4 is 11.6 Å². The quantitative estimate of drug-likeness (QED) is 0.725. The summed E-state index contributed by atoms with van der Waals surface area (Å²) in [5, 5.41) is 4.10. The Bertz CT molecular complexity index is 584. The number of rotatable bonds is 8. The van der Waals surface area contributed by atoms with E-state index in [4.69, 9.17) is 22.1 Å². The maximum atomic E-state index is 5.89. The Balaban J connectivity index is 1.90. The van der Waals surface area contributed by atoms with Gasteiger partial charge in [-0.2, -0.15) is 0 Å². The van der Waals surface area contributed by atoms with Gasteiger partial charge in [0.05, 0.1) is 0 Å². The van der Waals surface area contributed by atoms with E-state index in [1.54, 1.807) is 0 Å². The van der Waals surface area contributed by atoms with E-state index in [-0.39, 0.29) is 0 Å². The van der Waals surface area contributed by atoms with Gasteiger partial charge in [-0.15, -0.1) is 0 Å². The van der Waals surface area contributed by atoms with Crippen molar-refractivity contribution in [2.24, 2.45) is 5.73 Å². The van der Waals surface area contributed by atoms with Crippen LogP contribution < -0.4 is 15.8 Å². The SMILES string of the molecule is Cc1cc(CCNCCCN)ccc1Oc1ccc(Cl)cc1. The van der Waals surface area contributed by atoms with Crippen LogP contribution in [0.2, 0.25) is 5.02 Å². The summed E-state index contributed by atoms with van der Waals surface area (Å²) in [7, 11) is 0. The first-order valence-corrected chi connectivity index (χ1v) is 8.00. The summed E-state index contributed by atoms with van der Waals surface area (Å²) in [6, 6.07) is 13.7. The zero-order chi connectivity index (χ0) is 15.8. The fourth-order valence-corrected chi connectivity index (χ4v) is 2.32. The van der Waals surface area contributed by atoms with Crippen molar-refractivity contribution in [3.05, 3.63) is 58.6 Å². The lowest BCUT2D eigenvalue weighted by atomic mass is 10.1. The van der Waals surface area contributed by atoms with Crippen LogP contribution in [0.3, 0.4) is 0 Å². The first-order valence-electron chi connectivity index (χ1n) is 7.63. The van der Waals surface area contributed by atoms with E-state index in [1.165, 1.54) is 5.56 Å². The number of aryl methyl sites for hydroxylation is 1. The van der Waals surface area contributed by atoms with Gasteiger partial charge in [0.15, 0.2) is 0 Å². The van der Waals surface area contributed by atoms with Crippen LogP contribution in [-0.4, -0.2) is 19.6 Å². The van der Waals surface area contributed by atoms with Crippen molar-refractivity contribution in [1.82, 2.24) is 5.32 Å². The third kappa shape index (κ3) is 5.34. The van der Waals surface area contributed by atoms with E-state index < -0.39 is 0 Å². The lowest BCUT2D eigenvalue weighted by Gasteiger charge is -2.11. The van der Waals surface area contributed by atoms with E-state index in [9.17, 15) is 0 Å². The van der Waals surface area contributed by atoms with Crippen LogP contribution in [0.4, 0.5) is 0 Å². The molecule has 0 aliphatic rings. The Labute approximate surface area is 137 Å². The van der Waals surface area contributed by atoms with E-state index in [0.29, 0.717) is 5.02 Å². The molecule has 3 nitrogen and oxygen atoms in total. The minimum atomic E-state index is 0.710. The Morgan fingerprint density at radius 1 is 1.09 bits per heavy atom. The van der Waals surface area contributed by atoms with Crippen LogP contribution in [0.25, 0.3) is 0 Å². The smallest absolute Gasteiger partial charge is 0.130 e. The van der Waals surface area contributed by atoms with Crippen molar-refractivity contribution in [2.45, 2.75) is 19.8 Å². The molecule has 0 aromatic heterocycles. The highest BCUT2D eigenvalue weighted by molar-refractivity contribution is 6.30. The lowest BCUT2D eigenvalue weighted by molar-refractivity contribution is 0.478. The molecule has 4 heteroatoms. The van der Waals surface area contributed by atoms with E-state index in [0.717, 1.165) is 49.5 Å². The summed E-state index contributed by atoms with van der Waals surface area (Å²) in [6.45, 7) is 4.75. The molecule has 2 aromatic carbocycles. The zero-order valence-corrected chi connectivity index (χ0v) is 13.7. The number of benzene rings is 2. The number of hydrogen-bond donors (Lipinski definition) is 2. The molecule has 118 valence electrons. The summed E-state index contributed by atoms with van der Waals surface area (Å²) < 4.78 is 5.89. The van der Waals surface area contributed by atoms with Crippen LogP contribution in [0.5, 0.6) is 11.5 Å². The van der Waals surface area contributed by atoms with Crippen molar-refractivity contribution in [1.29, 1.82) is 0 Å². The molecule has 0 bridgehead atoms. The van der Waals surface area contributed by atoms with Gasteiger partial charge in [-0.05, 0) is 80.9 Å². The summed E-state index contributed by atoms with van der Waals surface area (Å²) in [5.41, 5.74) is 7.91. The molecule has 2 rings (SSSR count). The molecule has 0 fully saturated rings. The summed E-state index contributed by atoms with van der Waals surface area (Å²) in [5.74, 6) is 1.67. The predicted octanol–water partition coefficient (Wildman–Crippen LogP) is 3.92. The largest absolute Gasteiger partial charge is 0.457 e. The number of hydrogen-bond acceptors (Lipinski definition) is 3. The zero-order valence-electron chi connectivity index (χ0n) is 12.9. The normalized spacial score (nSPS) is 10.7. The monoisotopic (exact) mass is 318 g/mol. The number of nitrogens with two attached hydrogens (primary N) is 1. The second-order valence-electron chi connectivity index (χ2n) is 5.30. The van der Waals surface area contributed by atoms with Crippen LogP contribution in [0, 0.1) is 6.92 Å². The predicted molar refractivity (Wildman–Crippen MR) is 93.0 cm³/mol. The molecular formula is C18H23ClN2O. The Morgan fingerprint density at radius 3 is 2.55 bits per heavy atom. The Kier molecular flexibility index (Phi) is 6.72. The molecule has 2 aromatic rings. The highest BCUT2D eigenvalue weighted by Crippen LogP contribution is 2.26. The second kappa shape index (κ2) is 8.79. The molecule has 0 atom stereocenters. The van der Waals surface area contributed by atoms with E-state index in [2.05, 4.69) is 24.4 Å². The molecule has 0 amide bonds. The van der Waals surface area contributed by atoms with E-state index >= 15 is 0 Å². The minimum absolute atomic E-state index is 0.710. The van der Waals surface area contributed by atoms with E-state index in [1.807, 2.05) is 30.3 Å². The molecule has 0 aliphatic carbocycles. The second-order valence-corrected chi connectivity index (χ2v) is 5.73. The highest BCUT2D eigenvalue weighted by atomic mass is 35.5. The third-order valence-electron chi connectivity index (χ3n) is 3.43. The molecule has 0 unspecified atom stereocenters. The van der Waals surface area contributed by atoms with Crippen molar-refractivity contribution < 1.29 is 4.74 Å². The summed E-state index contributed by atoms with van der Waals surface area (Å²) >= 11 is 5.88. The van der Waals surface area contributed by atoms with Gasteiger partial charge in [0, 0.05) is 5.02 Å². The van der Waals surface area contributed by atoms with Gasteiger partial charge in [-0.3, -0.25) is 0 Å². The number of halogens is 1. The van der Waals surface area contributed by atoms with Crippen LogP contribution in [0.1, 0.15) is 17.5 Å². The average Bonchev–Trinajstić information content (AvgIpc) is 2.52. The van der Waals surface area contributed by atoms with Gasteiger partial charge >= 0.3 is 0 Å². The number of nitrogens with one attached hydrogen (secondary N) is 1. The topological polar surface area (TPSA) is 47.3 Å². The summed E-state index contributed by atoms with van der Waals surface area (Å²) in [4.78, 5) is 0. The third-order valence-corrected chi connectivity index (χ3v) is 3.68. The maximum absolute atomic E-state index is 5.89. The lowest BCUT2D eigenvalue weighted by Crippen LogP contribution is -2.20. The highest BCUT2D eigenvalue weighted by Gasteiger charge is 2.03. The van der Waals surface area contributed by atoms with Crippen molar-refractivity contribution in [2.75, 3.05) is 19.6 Å². The van der Waals surface area contributed by atoms with Gasteiger partial charge in [0.1, 0.15) is 11.5 Å². The van der Waals surface area contributed by atoms with Gasteiger partial charge in [0.25, 0.3) is 0 Å². The molecule has 22 heavy (non-hydrogen) atoms. The molecule has 0 spiro atoms. The van der Waals surface area contributed by atoms with Gasteiger partial charge in [0.2, 0.25) is 0 Å². The molecule has 0 aliphatic heterocycles. The Hall–Kier alpha value is -1.55. The standard InChI is InChI=1S/C18H23ClN2O/c1-14-13-15(9-12-21-11-2-10-20)3-8-18(14)22-17-6-4-16(19)5-7-17/h3-8,13,21H,2,9-12,20H2,1H3. The van der Waals surface area contributed by atoms with Crippen molar-refractivity contribution in [3.63, 3.8) is 0 Å². The number of ether oxygens (including phenoxy) is 1. The fraction of sp³-hybridized carbons (Fsp3) is 0.333. The molecule has 0 saturated carbocycles. The molecule has 3 N–H and O–H groups in total. The molecule has 0 heterocycles. The Morgan fingerprint density at radius 2 is 1.86 bits per heavy atom. The average molecular weight is 319 g/mol. The van der Waals surface area contributed by atoms with Crippen LogP contribution in [0.15, 0.2) is 42.5 Å². The van der Waals surface area contributed by atoms with Crippen molar-refractivity contribution in [3.8, 4) is 11.5 Å². The molecule has 0 radical (unpaired) electrons. The van der Waals surface area contributed by atoms with Gasteiger partial charge in [-0.25, -0.2) is 0 Å². The fourth-order valence-electron chi connectivity index (χ4n) is 2.20. The maximum Gasteiger partial charge on any atom is 0.130 e. The van der Waals surface area contributed by atoms with Crippen LogP contribution >= 0.6 is 11.6 Å². The van der Waals surface area contributed by atoms with Gasteiger partial charge < -0.3 is 15.8 Å². The first-order chi connectivity index (χ1) is 10.7. The molecular weight excluding hydrogens is 296 g/mol. The summed E-state index contributed by atoms with van der Waals surface area (Å²) in [6.07, 6.45) is 2.03. The first kappa shape index (κ1) is 16.8. The van der Waals surface area contributed by atoms with Crippen LogP contribution in [-0.2, 0) is 6.42 Å².